The van der Waals surface area contributed by atoms with Gasteiger partial charge in [-0.1, -0.05) is 5.16 Å². The monoisotopic (exact) mass is 449 g/mol. The van der Waals surface area contributed by atoms with Gasteiger partial charge in [0.05, 0.1) is 0 Å². The van der Waals surface area contributed by atoms with Gasteiger partial charge < -0.3 is 15.2 Å². The SMILES string of the molecule is O=C(N[C@@H]1CC2CC[C@H](C1)N2S(=O)(=O)N1CC2(CCNCC2)C1)c1cc(C2CC2)on1. The molecule has 2 bridgehead atoms. The fourth-order valence-corrected chi connectivity index (χ4v) is 8.39. The van der Waals surface area contributed by atoms with Crippen molar-refractivity contribution in [1.82, 2.24) is 24.4 Å². The summed E-state index contributed by atoms with van der Waals surface area (Å²) in [6.45, 7) is 3.28. The Morgan fingerprint density at radius 3 is 2.45 bits per heavy atom. The smallest absolute Gasteiger partial charge is 0.282 e. The Bertz CT molecular complexity index is 946. The maximum atomic E-state index is 13.4. The van der Waals surface area contributed by atoms with E-state index in [0.29, 0.717) is 37.5 Å². The van der Waals surface area contributed by atoms with Crippen molar-refractivity contribution in [1.29, 1.82) is 0 Å². The molecule has 10 heteroatoms. The van der Waals surface area contributed by atoms with Crippen molar-refractivity contribution in [3.8, 4) is 0 Å². The molecule has 1 aromatic heterocycles. The minimum absolute atomic E-state index is 0.0234. The maximum absolute atomic E-state index is 13.4. The first-order chi connectivity index (χ1) is 14.9. The fourth-order valence-electron chi connectivity index (χ4n) is 6.12. The molecule has 170 valence electrons. The van der Waals surface area contributed by atoms with E-state index < -0.39 is 10.2 Å². The van der Waals surface area contributed by atoms with Crippen molar-refractivity contribution in [3.05, 3.63) is 17.5 Å². The van der Waals surface area contributed by atoms with E-state index in [1.807, 2.05) is 0 Å². The van der Waals surface area contributed by atoms with Gasteiger partial charge in [-0.2, -0.15) is 17.0 Å². The van der Waals surface area contributed by atoms with E-state index >= 15 is 0 Å². The Kier molecular flexibility index (Phi) is 4.72. The average molecular weight is 450 g/mol. The molecule has 0 aromatic carbocycles. The van der Waals surface area contributed by atoms with Gasteiger partial charge in [0.1, 0.15) is 5.76 Å². The lowest BCUT2D eigenvalue weighted by Crippen LogP contribution is -2.66. The number of carbonyl (C=O) groups is 1. The first-order valence-corrected chi connectivity index (χ1v) is 13.1. The van der Waals surface area contributed by atoms with Crippen LogP contribution in [0.3, 0.4) is 0 Å². The molecule has 1 aliphatic carbocycles. The molecular formula is C21H31N5O4S. The summed E-state index contributed by atoms with van der Waals surface area (Å²) in [5.74, 6) is 1.00. The molecule has 1 spiro atoms. The molecule has 2 N–H and O–H groups in total. The van der Waals surface area contributed by atoms with Crippen LogP contribution in [0.15, 0.2) is 10.6 Å². The lowest BCUT2D eigenvalue weighted by Gasteiger charge is -2.53. The first kappa shape index (κ1) is 20.1. The summed E-state index contributed by atoms with van der Waals surface area (Å²) in [7, 11) is -3.43. The Hall–Kier alpha value is -1.49. The zero-order valence-electron chi connectivity index (χ0n) is 17.8. The van der Waals surface area contributed by atoms with Crippen LogP contribution in [-0.2, 0) is 10.2 Å². The Balaban J connectivity index is 1.09. The second-order valence-corrected chi connectivity index (χ2v) is 12.1. The van der Waals surface area contributed by atoms with Crippen molar-refractivity contribution in [2.75, 3.05) is 26.2 Å². The van der Waals surface area contributed by atoms with Crippen molar-refractivity contribution < 1.29 is 17.7 Å². The standard InChI is InChI=1S/C21H31N5O4S/c27-20(18-11-19(30-24-18)14-1-2-14)23-15-9-16-3-4-17(10-15)26(16)31(28,29)25-12-21(13-25)5-7-22-8-6-21/h11,14-17,22H,1-10,12-13H2,(H,23,27)/t15-,16+,17?/m0/s1. The predicted octanol–water partition coefficient (Wildman–Crippen LogP) is 1.21. The fraction of sp³-hybridized carbons (Fsp3) is 0.810. The average Bonchev–Trinajstić information content (AvgIpc) is 3.38. The Morgan fingerprint density at radius 1 is 1.13 bits per heavy atom. The van der Waals surface area contributed by atoms with Crippen LogP contribution in [-0.4, -0.2) is 72.4 Å². The molecule has 4 saturated heterocycles. The molecule has 3 atom stereocenters. The summed E-state index contributed by atoms with van der Waals surface area (Å²) in [6, 6.07) is 1.67. The molecule has 5 heterocycles. The van der Waals surface area contributed by atoms with Crippen molar-refractivity contribution in [2.24, 2.45) is 5.41 Å². The summed E-state index contributed by atoms with van der Waals surface area (Å²) in [6.07, 6.45) is 7.39. The molecule has 9 nitrogen and oxygen atoms in total. The van der Waals surface area contributed by atoms with E-state index in [-0.39, 0.29) is 29.4 Å². The van der Waals surface area contributed by atoms with E-state index in [2.05, 4.69) is 15.8 Å². The third kappa shape index (κ3) is 3.51. The number of hydrogen-bond acceptors (Lipinski definition) is 6. The summed E-state index contributed by atoms with van der Waals surface area (Å²) in [5.41, 5.74) is 0.512. The number of piperidine rings is 2. The van der Waals surface area contributed by atoms with Crippen LogP contribution >= 0.6 is 0 Å². The highest BCUT2D eigenvalue weighted by molar-refractivity contribution is 7.86. The van der Waals surface area contributed by atoms with Gasteiger partial charge in [0.25, 0.3) is 16.1 Å². The zero-order valence-corrected chi connectivity index (χ0v) is 18.6. The molecule has 6 rings (SSSR count). The number of nitrogens with zero attached hydrogens (tertiary/aromatic N) is 3. The van der Waals surface area contributed by atoms with E-state index in [1.165, 1.54) is 0 Å². The molecular weight excluding hydrogens is 418 g/mol. The minimum atomic E-state index is -3.43. The molecule has 1 amide bonds. The van der Waals surface area contributed by atoms with E-state index in [1.54, 1.807) is 14.7 Å². The Labute approximate surface area is 183 Å². The van der Waals surface area contributed by atoms with Gasteiger partial charge in [-0.05, 0) is 64.5 Å². The minimum Gasteiger partial charge on any atom is -0.360 e. The van der Waals surface area contributed by atoms with E-state index in [0.717, 1.165) is 57.4 Å². The number of aromatic nitrogens is 1. The third-order valence-electron chi connectivity index (χ3n) is 8.02. The van der Waals surface area contributed by atoms with Crippen LogP contribution in [0.25, 0.3) is 0 Å². The van der Waals surface area contributed by atoms with E-state index in [4.69, 9.17) is 4.52 Å². The summed E-state index contributed by atoms with van der Waals surface area (Å²) < 4.78 is 35.6. The summed E-state index contributed by atoms with van der Waals surface area (Å²) in [5, 5.41) is 10.4. The van der Waals surface area contributed by atoms with Crippen LogP contribution in [0.4, 0.5) is 0 Å². The number of rotatable bonds is 5. The number of amides is 1. The largest absolute Gasteiger partial charge is 0.360 e. The normalized spacial score (nSPS) is 33.4. The molecule has 4 aliphatic heterocycles. The van der Waals surface area contributed by atoms with Gasteiger partial charge in [0, 0.05) is 48.6 Å². The lowest BCUT2D eigenvalue weighted by atomic mass is 9.74. The lowest BCUT2D eigenvalue weighted by molar-refractivity contribution is 0.0290. The van der Waals surface area contributed by atoms with Crippen molar-refractivity contribution in [3.63, 3.8) is 0 Å². The van der Waals surface area contributed by atoms with Crippen molar-refractivity contribution >= 4 is 16.1 Å². The predicted molar refractivity (Wildman–Crippen MR) is 113 cm³/mol. The van der Waals surface area contributed by atoms with Gasteiger partial charge >= 0.3 is 0 Å². The van der Waals surface area contributed by atoms with Gasteiger partial charge in [-0.15, -0.1) is 0 Å². The summed E-state index contributed by atoms with van der Waals surface area (Å²) >= 11 is 0. The quantitative estimate of drug-likeness (QED) is 0.700. The van der Waals surface area contributed by atoms with Gasteiger partial charge in [-0.3, -0.25) is 4.79 Å². The second-order valence-electron chi connectivity index (χ2n) is 10.3. The van der Waals surface area contributed by atoms with Crippen LogP contribution in [0.2, 0.25) is 0 Å². The van der Waals surface area contributed by atoms with Crippen LogP contribution in [0.5, 0.6) is 0 Å². The van der Waals surface area contributed by atoms with Crippen LogP contribution < -0.4 is 10.6 Å². The molecule has 1 saturated carbocycles. The zero-order chi connectivity index (χ0) is 21.2. The highest BCUT2D eigenvalue weighted by Crippen LogP contribution is 2.45. The molecule has 5 aliphatic rings. The molecule has 1 aromatic rings. The molecule has 5 fully saturated rings. The third-order valence-corrected chi connectivity index (χ3v) is 10.1. The second kappa shape index (κ2) is 7.26. The Morgan fingerprint density at radius 2 is 1.81 bits per heavy atom. The maximum Gasteiger partial charge on any atom is 0.282 e. The highest BCUT2D eigenvalue weighted by Gasteiger charge is 2.54. The number of carbonyl (C=O) groups excluding carboxylic acids is 1. The first-order valence-electron chi connectivity index (χ1n) is 11.7. The molecule has 1 unspecified atom stereocenters. The number of nitrogens with one attached hydrogen (secondary N) is 2. The van der Waals surface area contributed by atoms with Gasteiger partial charge in [-0.25, -0.2) is 0 Å². The van der Waals surface area contributed by atoms with Crippen LogP contribution in [0.1, 0.15) is 73.5 Å². The molecule has 31 heavy (non-hydrogen) atoms. The number of hydrogen-bond donors (Lipinski definition) is 2. The van der Waals surface area contributed by atoms with E-state index in [9.17, 15) is 13.2 Å². The topological polar surface area (TPSA) is 108 Å². The highest BCUT2D eigenvalue weighted by atomic mass is 32.2. The summed E-state index contributed by atoms with van der Waals surface area (Å²) in [4.78, 5) is 12.6. The number of fused-ring (bicyclic) bond motifs is 2. The van der Waals surface area contributed by atoms with Crippen molar-refractivity contribution in [2.45, 2.75) is 75.4 Å². The van der Waals surface area contributed by atoms with Crippen LogP contribution in [0, 0.1) is 5.41 Å². The molecule has 0 radical (unpaired) electrons. The van der Waals surface area contributed by atoms with Gasteiger partial charge in [0.2, 0.25) is 0 Å². The van der Waals surface area contributed by atoms with Gasteiger partial charge in [0.15, 0.2) is 5.69 Å².